The van der Waals surface area contributed by atoms with Gasteiger partial charge in [0.05, 0.1) is 23.2 Å². The summed E-state index contributed by atoms with van der Waals surface area (Å²) < 4.78 is 12.2. The quantitative estimate of drug-likeness (QED) is 0.798. The molecule has 0 fully saturated rings. The summed E-state index contributed by atoms with van der Waals surface area (Å²) in [6, 6.07) is 12.4. The Labute approximate surface area is 130 Å². The summed E-state index contributed by atoms with van der Waals surface area (Å²) in [6.07, 6.45) is 5.45. The lowest BCUT2D eigenvalue weighted by atomic mass is 10.1. The monoisotopic (exact) mass is 341 g/mol. The van der Waals surface area contributed by atoms with Crippen LogP contribution in [0.4, 0.5) is 0 Å². The third kappa shape index (κ3) is 1.75. The van der Waals surface area contributed by atoms with Gasteiger partial charge in [-0.25, -0.2) is 4.99 Å². The molecular weight excluding hydrogens is 330 g/mol. The van der Waals surface area contributed by atoms with Crippen molar-refractivity contribution < 1.29 is 9.47 Å². The maximum Gasteiger partial charge on any atom is 0.279 e. The summed E-state index contributed by atoms with van der Waals surface area (Å²) >= 11 is 3.50. The van der Waals surface area contributed by atoms with Gasteiger partial charge in [0, 0.05) is 10.6 Å². The Bertz CT molecular complexity index is 929. The van der Waals surface area contributed by atoms with Crippen molar-refractivity contribution in [1.82, 2.24) is 0 Å². The molecule has 2 aliphatic heterocycles. The van der Waals surface area contributed by atoms with Crippen LogP contribution < -0.4 is 10.6 Å². The zero-order valence-electron chi connectivity index (χ0n) is 11.3. The van der Waals surface area contributed by atoms with Gasteiger partial charge in [0.2, 0.25) is 0 Å². The van der Waals surface area contributed by atoms with Gasteiger partial charge in [-0.15, -0.1) is 0 Å². The highest BCUT2D eigenvalue weighted by Gasteiger charge is 2.40. The predicted molar refractivity (Wildman–Crippen MR) is 85.1 cm³/mol. The number of hydrogen-bond donors (Lipinski definition) is 0. The van der Waals surface area contributed by atoms with Gasteiger partial charge in [-0.1, -0.05) is 36.4 Å². The van der Waals surface area contributed by atoms with Crippen LogP contribution in [0.15, 0.2) is 64.0 Å². The van der Waals surface area contributed by atoms with E-state index in [0.29, 0.717) is 5.76 Å². The van der Waals surface area contributed by atoms with Crippen LogP contribution in [0.1, 0.15) is 0 Å². The summed E-state index contributed by atoms with van der Waals surface area (Å²) in [7, 11) is 1.63. The van der Waals surface area contributed by atoms with Crippen molar-refractivity contribution in [2.24, 2.45) is 4.99 Å². The molecule has 0 radical (unpaired) electrons. The fraction of sp³-hybridized carbons (Fsp3) is 0.118. The van der Waals surface area contributed by atoms with Crippen LogP contribution in [0.3, 0.4) is 0 Å². The van der Waals surface area contributed by atoms with Crippen LogP contribution in [-0.2, 0) is 9.47 Å². The molecule has 2 heterocycles. The minimum Gasteiger partial charge on any atom is -0.493 e. The van der Waals surface area contributed by atoms with E-state index in [1.54, 1.807) is 13.4 Å². The molecule has 21 heavy (non-hydrogen) atoms. The SMILES string of the molecule is COC1=C(Br)C=COC12C=c1ccc3ccccc3c1=N2. The van der Waals surface area contributed by atoms with Gasteiger partial charge in [-0.2, -0.15) is 0 Å². The Morgan fingerprint density at radius 2 is 2.05 bits per heavy atom. The molecule has 0 N–H and O–H groups in total. The molecule has 0 bridgehead atoms. The highest BCUT2D eigenvalue weighted by atomic mass is 79.9. The van der Waals surface area contributed by atoms with E-state index in [4.69, 9.17) is 14.5 Å². The first-order valence-electron chi connectivity index (χ1n) is 6.63. The molecule has 0 aromatic heterocycles. The van der Waals surface area contributed by atoms with E-state index in [1.165, 1.54) is 5.39 Å². The average molecular weight is 342 g/mol. The van der Waals surface area contributed by atoms with Gasteiger partial charge in [-0.3, -0.25) is 0 Å². The van der Waals surface area contributed by atoms with Crippen LogP contribution in [0.2, 0.25) is 0 Å². The average Bonchev–Trinajstić information content (AvgIpc) is 2.86. The molecule has 4 rings (SSSR count). The van der Waals surface area contributed by atoms with Crippen LogP contribution in [0.5, 0.6) is 0 Å². The van der Waals surface area contributed by atoms with Crippen molar-refractivity contribution in [1.29, 1.82) is 0 Å². The molecule has 0 saturated heterocycles. The van der Waals surface area contributed by atoms with Crippen molar-refractivity contribution in [3.8, 4) is 0 Å². The van der Waals surface area contributed by atoms with Gasteiger partial charge in [-0.05, 0) is 33.5 Å². The molecule has 2 aromatic rings. The molecule has 1 unspecified atom stereocenters. The van der Waals surface area contributed by atoms with Crippen LogP contribution in [0.25, 0.3) is 16.8 Å². The van der Waals surface area contributed by atoms with E-state index in [2.05, 4.69) is 40.2 Å². The Morgan fingerprint density at radius 3 is 2.90 bits per heavy atom. The Morgan fingerprint density at radius 1 is 1.19 bits per heavy atom. The van der Waals surface area contributed by atoms with Gasteiger partial charge in [0.1, 0.15) is 0 Å². The molecule has 1 spiro atoms. The molecule has 1 atom stereocenters. The number of allylic oxidation sites excluding steroid dienone is 2. The Balaban J connectivity index is 2.06. The first-order chi connectivity index (χ1) is 10.2. The lowest BCUT2D eigenvalue weighted by molar-refractivity contribution is 0.0609. The normalized spacial score (nSPS) is 22.8. The number of rotatable bonds is 1. The van der Waals surface area contributed by atoms with E-state index in [1.807, 2.05) is 24.3 Å². The number of ether oxygens (including phenoxy) is 2. The standard InChI is InChI=1S/C17H12BrNO2/c1-20-16-14(18)8-9-21-17(16)10-12-7-6-11-4-2-3-5-13(11)15(12)19-17/h2-10H,1H3. The maximum atomic E-state index is 5.82. The summed E-state index contributed by atoms with van der Waals surface area (Å²) in [5.41, 5.74) is -0.908. The smallest absolute Gasteiger partial charge is 0.279 e. The van der Waals surface area contributed by atoms with Gasteiger partial charge in [0.15, 0.2) is 5.76 Å². The van der Waals surface area contributed by atoms with Crippen LogP contribution >= 0.6 is 15.9 Å². The minimum absolute atomic E-state index is 0.658. The molecule has 104 valence electrons. The molecule has 0 amide bonds. The lowest BCUT2D eigenvalue weighted by Crippen LogP contribution is -2.31. The molecule has 2 aliphatic rings. The van der Waals surface area contributed by atoms with Crippen molar-refractivity contribution in [2.75, 3.05) is 7.11 Å². The number of hydrogen-bond acceptors (Lipinski definition) is 3. The van der Waals surface area contributed by atoms with Crippen molar-refractivity contribution >= 4 is 32.8 Å². The zero-order chi connectivity index (χ0) is 14.4. The van der Waals surface area contributed by atoms with Crippen molar-refractivity contribution in [3.63, 3.8) is 0 Å². The first kappa shape index (κ1) is 12.7. The van der Waals surface area contributed by atoms with Crippen LogP contribution in [-0.4, -0.2) is 12.8 Å². The second-order valence-corrected chi connectivity index (χ2v) is 5.83. The zero-order valence-corrected chi connectivity index (χ0v) is 12.9. The van der Waals surface area contributed by atoms with Gasteiger partial charge < -0.3 is 9.47 Å². The fourth-order valence-corrected chi connectivity index (χ4v) is 3.39. The second-order valence-electron chi connectivity index (χ2n) is 4.98. The Hall–Kier alpha value is -2.07. The molecule has 2 aromatic carbocycles. The molecular formula is C17H12BrNO2. The fourth-order valence-electron chi connectivity index (χ4n) is 2.84. The molecule has 0 saturated carbocycles. The second kappa shape index (κ2) is 4.46. The number of fused-ring (bicyclic) bond motifs is 3. The largest absolute Gasteiger partial charge is 0.493 e. The number of nitrogens with zero attached hydrogens (tertiary/aromatic N) is 1. The number of halogens is 1. The third-order valence-corrected chi connectivity index (χ3v) is 4.39. The van der Waals surface area contributed by atoms with E-state index >= 15 is 0 Å². The third-order valence-electron chi connectivity index (χ3n) is 3.77. The predicted octanol–water partition coefficient (Wildman–Crippen LogP) is 2.75. The van der Waals surface area contributed by atoms with E-state index in [0.717, 1.165) is 20.4 Å². The summed E-state index contributed by atoms with van der Waals surface area (Å²) in [5, 5.41) is 4.28. The lowest BCUT2D eigenvalue weighted by Gasteiger charge is -2.28. The molecule has 0 aliphatic carbocycles. The summed E-state index contributed by atoms with van der Waals surface area (Å²) in [6.45, 7) is 0. The summed E-state index contributed by atoms with van der Waals surface area (Å²) in [5.74, 6) is 0.658. The van der Waals surface area contributed by atoms with Gasteiger partial charge >= 0.3 is 0 Å². The Kier molecular flexibility index (Phi) is 2.69. The minimum atomic E-state index is -0.908. The number of benzene rings is 2. The molecule has 4 heteroatoms. The molecule has 3 nitrogen and oxygen atoms in total. The summed E-state index contributed by atoms with van der Waals surface area (Å²) in [4.78, 5) is 4.83. The van der Waals surface area contributed by atoms with Crippen molar-refractivity contribution in [2.45, 2.75) is 5.72 Å². The number of methoxy groups -OCH3 is 1. The van der Waals surface area contributed by atoms with E-state index < -0.39 is 5.72 Å². The van der Waals surface area contributed by atoms with E-state index in [9.17, 15) is 0 Å². The van der Waals surface area contributed by atoms with E-state index in [-0.39, 0.29) is 0 Å². The van der Waals surface area contributed by atoms with Crippen LogP contribution in [0, 0.1) is 0 Å². The highest BCUT2D eigenvalue weighted by molar-refractivity contribution is 9.11. The maximum absolute atomic E-state index is 5.82. The highest BCUT2D eigenvalue weighted by Crippen LogP contribution is 2.36. The van der Waals surface area contributed by atoms with Crippen molar-refractivity contribution in [3.05, 3.63) is 69.6 Å². The van der Waals surface area contributed by atoms with Gasteiger partial charge in [0.25, 0.3) is 5.72 Å². The topological polar surface area (TPSA) is 30.8 Å². The first-order valence-corrected chi connectivity index (χ1v) is 7.42.